The van der Waals surface area contributed by atoms with E-state index in [4.69, 9.17) is 14.1 Å². The van der Waals surface area contributed by atoms with Crippen LogP contribution in [0.3, 0.4) is 0 Å². The van der Waals surface area contributed by atoms with E-state index in [0.717, 1.165) is 0 Å². The second-order valence-corrected chi connectivity index (χ2v) is 0.848. The van der Waals surface area contributed by atoms with Gasteiger partial charge in [-0.2, -0.15) is 0 Å². The Bertz CT molecular complexity index is 44.8. The SMILES string of the molecule is O=[Si](O)O.[Be+2].[H-].[H-].[Mn].[Zn]. The minimum absolute atomic E-state index is 0. The maximum atomic E-state index is 8.74. The maximum Gasteiger partial charge on any atom is 2.00 e. The monoisotopic (exact) mass is 208 g/mol. The van der Waals surface area contributed by atoms with E-state index in [1.165, 1.54) is 0 Å². The minimum atomic E-state index is -3.13. The van der Waals surface area contributed by atoms with E-state index in [0.29, 0.717) is 0 Å². The molecule has 1 radical (unpaired) electrons. The van der Waals surface area contributed by atoms with Crippen molar-refractivity contribution in [1.82, 2.24) is 0 Å². The van der Waals surface area contributed by atoms with Crippen molar-refractivity contribution in [3.05, 3.63) is 0 Å². The van der Waals surface area contributed by atoms with Crippen molar-refractivity contribution in [2.75, 3.05) is 0 Å². The van der Waals surface area contributed by atoms with Crippen LogP contribution in [0.25, 0.3) is 0 Å². The molecule has 0 atom stereocenters. The Hall–Kier alpha value is 0.929. The van der Waals surface area contributed by atoms with Crippen molar-refractivity contribution in [2.45, 2.75) is 0 Å². The van der Waals surface area contributed by atoms with E-state index < -0.39 is 9.17 Å². The summed E-state index contributed by atoms with van der Waals surface area (Å²) in [6.45, 7) is 0. The molecule has 0 saturated heterocycles. The van der Waals surface area contributed by atoms with E-state index in [1.807, 2.05) is 0 Å². The Morgan fingerprint density at radius 1 is 1.43 bits per heavy atom. The van der Waals surface area contributed by atoms with Crippen LogP contribution in [0.15, 0.2) is 0 Å². The van der Waals surface area contributed by atoms with Crippen molar-refractivity contribution >= 4 is 19.3 Å². The molecule has 7 heteroatoms. The van der Waals surface area contributed by atoms with Gasteiger partial charge in [-0.3, -0.25) is 4.46 Å². The predicted octanol–water partition coefficient (Wildman–Crippen LogP) is -1.77. The molecule has 0 bridgehead atoms. The summed E-state index contributed by atoms with van der Waals surface area (Å²) in [5, 5.41) is 0. The van der Waals surface area contributed by atoms with Gasteiger partial charge in [-0.05, 0) is 0 Å². The fourth-order valence-corrected chi connectivity index (χ4v) is 0. The molecule has 2 N–H and O–H groups in total. The first-order valence-electron chi connectivity index (χ1n) is 0.651. The van der Waals surface area contributed by atoms with Crippen LogP contribution in [-0.4, -0.2) is 28.9 Å². The van der Waals surface area contributed by atoms with Gasteiger partial charge in [0.2, 0.25) is 0 Å². The van der Waals surface area contributed by atoms with Crippen LogP contribution < -0.4 is 0 Å². The Labute approximate surface area is 72.8 Å². The number of rotatable bonds is 0. The summed E-state index contributed by atoms with van der Waals surface area (Å²) in [5.41, 5.74) is 0. The van der Waals surface area contributed by atoms with E-state index in [-0.39, 0.29) is 49.5 Å². The molecule has 3 nitrogen and oxygen atoms in total. The van der Waals surface area contributed by atoms with Gasteiger partial charge in [0.15, 0.2) is 0 Å². The number of hydrogen-bond acceptors (Lipinski definition) is 1. The third-order valence-corrected chi connectivity index (χ3v) is 0. The first-order valence-corrected chi connectivity index (χ1v) is 1.95. The van der Waals surface area contributed by atoms with Gasteiger partial charge in [0.1, 0.15) is 0 Å². The molecule has 0 aliphatic rings. The van der Waals surface area contributed by atoms with E-state index in [1.54, 1.807) is 0 Å². The van der Waals surface area contributed by atoms with Crippen molar-refractivity contribution in [1.29, 1.82) is 0 Å². The zero-order chi connectivity index (χ0) is 3.58. The fourth-order valence-electron chi connectivity index (χ4n) is 0. The summed E-state index contributed by atoms with van der Waals surface area (Å²) in [7, 11) is -3.13. The molecule has 0 amide bonds. The largest absolute Gasteiger partial charge is 2.00 e. The normalized spacial score (nSPS) is 3.43. The van der Waals surface area contributed by atoms with Crippen LogP contribution >= 0.6 is 0 Å². The zero-order valence-electron chi connectivity index (χ0n) is 5.59. The molecule has 0 saturated carbocycles. The van der Waals surface area contributed by atoms with Gasteiger partial charge in [0.05, 0.1) is 0 Å². The smallest absolute Gasteiger partial charge is 1.00 e. The summed E-state index contributed by atoms with van der Waals surface area (Å²) < 4.78 is 8.74. The zero-order valence-corrected chi connectivity index (χ0v) is 8.74. The topological polar surface area (TPSA) is 57.5 Å². The second kappa shape index (κ2) is 15.8. The standard InChI is InChI=1S/Be.Mn.H2O3Si.Zn.2H/c;;1-4(2)3;;;/h;;1-2H;;;/q+2;;;;2*-1. The molecular weight excluding hydrogens is 205 g/mol. The summed E-state index contributed by atoms with van der Waals surface area (Å²) in [5.74, 6) is 0. The molecule has 0 rings (SSSR count). The molecule has 0 aromatic rings. The maximum absolute atomic E-state index is 8.74. The molecule has 0 heterocycles. The average Bonchev–Trinajstić information content (AvgIpc) is 0.811. The van der Waals surface area contributed by atoms with Crippen LogP contribution in [0.4, 0.5) is 0 Å². The fraction of sp³-hybridized carbons (Fsp3) is 0. The van der Waals surface area contributed by atoms with Crippen molar-refractivity contribution in [3.63, 3.8) is 0 Å². The molecule has 7 heavy (non-hydrogen) atoms. The van der Waals surface area contributed by atoms with Crippen molar-refractivity contribution in [3.8, 4) is 0 Å². The third kappa shape index (κ3) is 195. The van der Waals surface area contributed by atoms with Gasteiger partial charge in [-0.15, -0.1) is 0 Å². The predicted molar refractivity (Wildman–Crippen MR) is 18.9 cm³/mol. The first kappa shape index (κ1) is 24.7. The van der Waals surface area contributed by atoms with Gasteiger partial charge < -0.3 is 12.4 Å². The van der Waals surface area contributed by atoms with Gasteiger partial charge in [-0.25, -0.2) is 0 Å². The Kier molecular flexibility index (Phi) is 55.6. The molecule has 0 aliphatic heterocycles. The first-order chi connectivity index (χ1) is 1.73. The summed E-state index contributed by atoms with van der Waals surface area (Å²) in [6, 6.07) is 0. The quantitative estimate of drug-likeness (QED) is 0.464. The van der Waals surface area contributed by atoms with Gasteiger partial charge >= 0.3 is 19.3 Å². The molecule has 0 aromatic heterocycles. The molecule has 0 aromatic carbocycles. The van der Waals surface area contributed by atoms with Gasteiger partial charge in [-0.1, -0.05) is 0 Å². The molecule has 0 aliphatic carbocycles. The number of hydrogen-bond donors (Lipinski definition) is 2. The van der Waals surface area contributed by atoms with Crippen LogP contribution in [-0.2, 0) is 41.0 Å². The summed E-state index contributed by atoms with van der Waals surface area (Å²) >= 11 is 0. The molecule has 37 valence electrons. The van der Waals surface area contributed by atoms with Crippen molar-refractivity contribution in [2.24, 2.45) is 0 Å². The Morgan fingerprint density at radius 3 is 1.43 bits per heavy atom. The van der Waals surface area contributed by atoms with Gasteiger partial charge in [0.25, 0.3) is 0 Å². The van der Waals surface area contributed by atoms with Crippen LogP contribution in [0.5, 0.6) is 0 Å². The Balaban J connectivity index is -0.00000000450. The summed E-state index contributed by atoms with van der Waals surface area (Å²) in [6.07, 6.45) is 0. The van der Waals surface area contributed by atoms with Crippen LogP contribution in [0.2, 0.25) is 0 Å². The third-order valence-electron chi connectivity index (χ3n) is 0. The Morgan fingerprint density at radius 2 is 1.43 bits per heavy atom. The molecule has 0 unspecified atom stereocenters. The average molecular weight is 209 g/mol. The molecule has 0 fully saturated rings. The van der Waals surface area contributed by atoms with E-state index in [2.05, 4.69) is 0 Å². The molecule has 0 spiro atoms. The van der Waals surface area contributed by atoms with Crippen molar-refractivity contribution < 1.29 is 53.5 Å². The van der Waals surface area contributed by atoms with E-state index >= 15 is 0 Å². The van der Waals surface area contributed by atoms with Gasteiger partial charge in [0, 0.05) is 36.5 Å². The minimum Gasteiger partial charge on any atom is -1.00 e. The van der Waals surface area contributed by atoms with Crippen LogP contribution in [0.1, 0.15) is 2.85 Å². The van der Waals surface area contributed by atoms with Crippen LogP contribution in [0, 0.1) is 0 Å². The van der Waals surface area contributed by atoms with E-state index in [9.17, 15) is 0 Å². The molecular formula is H4BeMnO3SiZn. The summed E-state index contributed by atoms with van der Waals surface area (Å²) in [4.78, 5) is 14.3. The second-order valence-electron chi connectivity index (χ2n) is 0.283.